The molecule has 2 aromatic carbocycles. The number of benzene rings is 2. The van der Waals surface area contributed by atoms with Gasteiger partial charge in [0.1, 0.15) is 6.54 Å². The second-order valence-electron chi connectivity index (χ2n) is 7.78. The summed E-state index contributed by atoms with van der Waals surface area (Å²) in [5.41, 5.74) is 1.82. The van der Waals surface area contributed by atoms with Crippen LogP contribution in [-0.2, 0) is 14.8 Å². The van der Waals surface area contributed by atoms with Crippen molar-refractivity contribution in [3.05, 3.63) is 47.5 Å². The summed E-state index contributed by atoms with van der Waals surface area (Å²) in [5, 5.41) is 3.59. The lowest BCUT2D eigenvalue weighted by molar-refractivity contribution is -0.120. The minimum atomic E-state index is -3.83. The molecule has 0 aromatic heterocycles. The number of sulfonamides is 1. The van der Waals surface area contributed by atoms with Crippen molar-refractivity contribution in [1.82, 2.24) is 5.32 Å². The van der Waals surface area contributed by atoms with Gasteiger partial charge in [0.25, 0.3) is 10.0 Å². The van der Waals surface area contributed by atoms with E-state index in [1.807, 2.05) is 0 Å². The van der Waals surface area contributed by atoms with Gasteiger partial charge in [0.2, 0.25) is 5.91 Å². The number of nitrogens with zero attached hydrogens (tertiary/aromatic N) is 1. The van der Waals surface area contributed by atoms with E-state index in [4.69, 9.17) is 11.6 Å². The molecule has 5 nitrogen and oxygen atoms in total. The Morgan fingerprint density at radius 3 is 2.45 bits per heavy atom. The highest BCUT2D eigenvalue weighted by Gasteiger charge is 2.36. The molecule has 1 fully saturated rings. The zero-order valence-electron chi connectivity index (χ0n) is 16.2. The van der Waals surface area contributed by atoms with E-state index in [1.165, 1.54) is 23.6 Å². The van der Waals surface area contributed by atoms with Crippen LogP contribution in [0.25, 0.3) is 11.1 Å². The smallest absolute Gasteiger partial charge is 0.265 e. The third kappa shape index (κ3) is 4.14. The molecular weight excluding hydrogens is 408 g/mol. The zero-order chi connectivity index (χ0) is 20.4. The molecule has 2 aromatic rings. The van der Waals surface area contributed by atoms with Gasteiger partial charge in [0, 0.05) is 22.2 Å². The second-order valence-corrected chi connectivity index (χ2v) is 10.0. The monoisotopic (exact) mass is 432 g/mol. The largest absolute Gasteiger partial charge is 0.352 e. The molecule has 0 unspecified atom stereocenters. The molecule has 0 atom stereocenters. The van der Waals surface area contributed by atoms with Crippen LogP contribution in [0.1, 0.15) is 44.9 Å². The minimum Gasteiger partial charge on any atom is -0.352 e. The van der Waals surface area contributed by atoms with E-state index in [9.17, 15) is 13.2 Å². The first kappa shape index (κ1) is 20.2. The fourth-order valence-corrected chi connectivity index (χ4v) is 6.10. The lowest BCUT2D eigenvalue weighted by Gasteiger charge is -2.32. The van der Waals surface area contributed by atoms with Gasteiger partial charge in [-0.25, -0.2) is 8.42 Å². The molecule has 1 N–H and O–H groups in total. The van der Waals surface area contributed by atoms with Gasteiger partial charge in [-0.15, -0.1) is 0 Å². The fourth-order valence-electron chi connectivity index (χ4n) is 4.28. The molecule has 154 valence electrons. The van der Waals surface area contributed by atoms with Crippen LogP contribution in [0.3, 0.4) is 0 Å². The topological polar surface area (TPSA) is 66.5 Å². The Labute approximate surface area is 177 Å². The number of fused-ring (bicyclic) bond motifs is 3. The first-order valence-electron chi connectivity index (χ1n) is 10.2. The van der Waals surface area contributed by atoms with E-state index in [-0.39, 0.29) is 23.4 Å². The van der Waals surface area contributed by atoms with Crippen molar-refractivity contribution in [2.75, 3.05) is 10.8 Å². The van der Waals surface area contributed by atoms with E-state index in [0.717, 1.165) is 31.2 Å². The number of carbonyl (C=O) groups is 1. The number of anilines is 1. The molecule has 1 aliphatic carbocycles. The molecule has 1 saturated carbocycles. The molecular formula is C22H25ClN2O3S. The normalized spacial score (nSPS) is 18.9. The number of halogens is 1. The molecule has 0 spiro atoms. The lowest BCUT2D eigenvalue weighted by Crippen LogP contribution is -2.45. The number of amides is 1. The van der Waals surface area contributed by atoms with Crippen molar-refractivity contribution in [3.63, 3.8) is 0 Å². The standard InChI is InChI=1S/C22H25ClN2O3S/c23-16-12-13-20-19(14-16)18-10-6-7-11-21(18)29(27,28)25(20)15-22(26)24-17-8-4-2-1-3-5-9-17/h6-7,10-14,17H,1-5,8-9,15H2,(H,24,26). The summed E-state index contributed by atoms with van der Waals surface area (Å²) in [5.74, 6) is -0.264. The molecule has 4 rings (SSSR count). The molecule has 29 heavy (non-hydrogen) atoms. The number of hydrogen-bond donors (Lipinski definition) is 1. The van der Waals surface area contributed by atoms with Crippen LogP contribution in [0.15, 0.2) is 47.4 Å². The van der Waals surface area contributed by atoms with Crippen molar-refractivity contribution < 1.29 is 13.2 Å². The summed E-state index contributed by atoms with van der Waals surface area (Å²) < 4.78 is 27.8. The van der Waals surface area contributed by atoms with Crippen molar-refractivity contribution >= 4 is 33.2 Å². The first-order valence-corrected chi connectivity index (χ1v) is 12.0. The Bertz CT molecular complexity index is 1010. The number of rotatable bonds is 3. The van der Waals surface area contributed by atoms with Gasteiger partial charge >= 0.3 is 0 Å². The maximum Gasteiger partial charge on any atom is 0.265 e. The third-order valence-electron chi connectivity index (χ3n) is 5.73. The molecule has 0 saturated heterocycles. The molecule has 7 heteroatoms. The quantitative estimate of drug-likeness (QED) is 0.761. The SMILES string of the molecule is O=C(CN1c2ccc(Cl)cc2-c2ccccc2S1(=O)=O)NC1CCCCCCC1. The zero-order valence-corrected chi connectivity index (χ0v) is 17.8. The van der Waals surface area contributed by atoms with Gasteiger partial charge in [-0.05, 0) is 37.1 Å². The summed E-state index contributed by atoms with van der Waals surface area (Å²) in [6.45, 7) is -0.234. The highest BCUT2D eigenvalue weighted by atomic mass is 35.5. The van der Waals surface area contributed by atoms with E-state index in [2.05, 4.69) is 5.32 Å². The fraction of sp³-hybridized carbons (Fsp3) is 0.409. The van der Waals surface area contributed by atoms with Gasteiger partial charge < -0.3 is 5.32 Å². The van der Waals surface area contributed by atoms with Crippen LogP contribution >= 0.6 is 11.6 Å². The first-order chi connectivity index (χ1) is 14.0. The summed E-state index contributed by atoms with van der Waals surface area (Å²) in [7, 11) is -3.83. The van der Waals surface area contributed by atoms with Gasteiger partial charge in [-0.3, -0.25) is 9.10 Å². The van der Waals surface area contributed by atoms with Crippen molar-refractivity contribution in [2.24, 2.45) is 0 Å². The van der Waals surface area contributed by atoms with E-state index in [0.29, 0.717) is 16.3 Å². The highest BCUT2D eigenvalue weighted by Crippen LogP contribution is 2.43. The third-order valence-corrected chi connectivity index (χ3v) is 7.78. The van der Waals surface area contributed by atoms with Crippen LogP contribution < -0.4 is 9.62 Å². The summed E-state index contributed by atoms with van der Waals surface area (Å²) in [6, 6.07) is 12.0. The minimum absolute atomic E-state index is 0.118. The Kier molecular flexibility index (Phi) is 5.83. The number of carbonyl (C=O) groups excluding carboxylic acids is 1. The highest BCUT2D eigenvalue weighted by molar-refractivity contribution is 7.93. The predicted molar refractivity (Wildman–Crippen MR) is 116 cm³/mol. The predicted octanol–water partition coefficient (Wildman–Crippen LogP) is 4.74. The van der Waals surface area contributed by atoms with Crippen LogP contribution in [0.2, 0.25) is 5.02 Å². The van der Waals surface area contributed by atoms with E-state index >= 15 is 0 Å². The number of hydrogen-bond acceptors (Lipinski definition) is 3. The van der Waals surface area contributed by atoms with Crippen LogP contribution in [-0.4, -0.2) is 26.9 Å². The van der Waals surface area contributed by atoms with Gasteiger partial charge in [0.05, 0.1) is 10.6 Å². The Morgan fingerprint density at radius 1 is 1.00 bits per heavy atom. The lowest BCUT2D eigenvalue weighted by atomic mass is 9.97. The van der Waals surface area contributed by atoms with Gasteiger partial charge in [0.15, 0.2) is 0 Å². The van der Waals surface area contributed by atoms with Crippen molar-refractivity contribution in [2.45, 2.75) is 55.9 Å². The summed E-state index contributed by atoms with van der Waals surface area (Å²) in [6.07, 6.45) is 7.74. The Hall–Kier alpha value is -2.05. The molecule has 0 radical (unpaired) electrons. The van der Waals surface area contributed by atoms with E-state index < -0.39 is 10.0 Å². The molecule has 2 aliphatic rings. The van der Waals surface area contributed by atoms with Crippen molar-refractivity contribution in [1.29, 1.82) is 0 Å². The molecule has 1 heterocycles. The second kappa shape index (κ2) is 8.36. The molecule has 1 aliphatic heterocycles. The number of nitrogens with one attached hydrogen (secondary N) is 1. The van der Waals surface area contributed by atoms with Crippen LogP contribution in [0.5, 0.6) is 0 Å². The maximum atomic E-state index is 13.3. The van der Waals surface area contributed by atoms with E-state index in [1.54, 1.807) is 42.5 Å². The summed E-state index contributed by atoms with van der Waals surface area (Å²) in [4.78, 5) is 13.0. The average molecular weight is 433 g/mol. The average Bonchev–Trinajstić information content (AvgIpc) is 2.67. The van der Waals surface area contributed by atoms with Crippen molar-refractivity contribution in [3.8, 4) is 11.1 Å². The Balaban J connectivity index is 1.62. The molecule has 0 bridgehead atoms. The van der Waals surface area contributed by atoms with Crippen LogP contribution in [0, 0.1) is 0 Å². The van der Waals surface area contributed by atoms with Crippen LogP contribution in [0.4, 0.5) is 5.69 Å². The Morgan fingerprint density at radius 2 is 1.69 bits per heavy atom. The summed E-state index contributed by atoms with van der Waals surface area (Å²) >= 11 is 6.18. The van der Waals surface area contributed by atoms with Gasteiger partial charge in [-0.1, -0.05) is 61.9 Å². The van der Waals surface area contributed by atoms with Gasteiger partial charge in [-0.2, -0.15) is 0 Å². The maximum absolute atomic E-state index is 13.3. The molecule has 1 amide bonds.